The number of methoxy groups -OCH3 is 1. The zero-order valence-corrected chi connectivity index (χ0v) is 12.1. The van der Waals surface area contributed by atoms with Crippen molar-refractivity contribution in [3.63, 3.8) is 0 Å². The topological polar surface area (TPSA) is 72.5 Å². The molecule has 0 saturated carbocycles. The lowest BCUT2D eigenvalue weighted by atomic mass is 10.1. The molecular weight excluding hydrogens is 264 g/mol. The summed E-state index contributed by atoms with van der Waals surface area (Å²) in [6.45, 7) is 1.20. The van der Waals surface area contributed by atoms with Crippen molar-refractivity contribution in [3.8, 4) is 5.88 Å². The van der Waals surface area contributed by atoms with Gasteiger partial charge in [0.1, 0.15) is 0 Å². The number of rotatable bonds is 6. The molecule has 0 aliphatic heterocycles. The number of nitrogens with one attached hydrogen (secondary N) is 1. The van der Waals surface area contributed by atoms with Gasteiger partial charge in [-0.15, -0.1) is 0 Å². The molecule has 0 radical (unpaired) electrons. The van der Waals surface area contributed by atoms with Crippen molar-refractivity contribution in [1.82, 2.24) is 10.3 Å². The molecule has 3 N–H and O–H groups in total. The Morgan fingerprint density at radius 1 is 1.24 bits per heavy atom. The van der Waals surface area contributed by atoms with Crippen molar-refractivity contribution in [2.45, 2.75) is 13.0 Å². The van der Waals surface area contributed by atoms with E-state index in [1.54, 1.807) is 13.3 Å². The van der Waals surface area contributed by atoms with Crippen molar-refractivity contribution in [3.05, 3.63) is 59.8 Å². The van der Waals surface area contributed by atoms with Gasteiger partial charge in [0.2, 0.25) is 5.88 Å². The summed E-state index contributed by atoms with van der Waals surface area (Å²) < 4.78 is 5.17. The van der Waals surface area contributed by atoms with E-state index in [0.29, 0.717) is 18.4 Å². The number of nitrogens with zero attached hydrogens (tertiary/aromatic N) is 2. The van der Waals surface area contributed by atoms with Crippen molar-refractivity contribution in [1.29, 1.82) is 0 Å². The summed E-state index contributed by atoms with van der Waals surface area (Å²) in [5, 5.41) is 3.11. The van der Waals surface area contributed by atoms with Crippen molar-refractivity contribution >= 4 is 5.96 Å². The molecule has 1 aromatic carbocycles. The molecule has 1 heterocycles. The second kappa shape index (κ2) is 7.89. The number of aliphatic imine (C=N–C) groups is 1. The summed E-state index contributed by atoms with van der Waals surface area (Å²) in [6, 6.07) is 14.0. The van der Waals surface area contributed by atoms with Crippen molar-refractivity contribution in [2.24, 2.45) is 10.7 Å². The van der Waals surface area contributed by atoms with E-state index in [1.807, 2.05) is 30.3 Å². The van der Waals surface area contributed by atoms with Gasteiger partial charge in [0.15, 0.2) is 5.96 Å². The van der Waals surface area contributed by atoms with Crippen LogP contribution in [0.1, 0.15) is 11.1 Å². The maximum atomic E-state index is 5.85. The highest BCUT2D eigenvalue weighted by Crippen LogP contribution is 2.14. The maximum absolute atomic E-state index is 5.85. The number of nitrogens with two attached hydrogens (primary N) is 1. The third kappa shape index (κ3) is 4.80. The molecule has 5 heteroatoms. The molecule has 0 fully saturated rings. The Balaban J connectivity index is 1.81. The van der Waals surface area contributed by atoms with E-state index in [9.17, 15) is 0 Å². The van der Waals surface area contributed by atoms with Gasteiger partial charge in [-0.05, 0) is 18.1 Å². The first-order valence-corrected chi connectivity index (χ1v) is 6.85. The van der Waals surface area contributed by atoms with E-state index >= 15 is 0 Å². The SMILES string of the molecule is COc1ncccc1CN=C(N)NCCc1ccccc1. The van der Waals surface area contributed by atoms with Crippen LogP contribution >= 0.6 is 0 Å². The van der Waals surface area contributed by atoms with E-state index in [1.165, 1.54) is 5.56 Å². The summed E-state index contributed by atoms with van der Waals surface area (Å²) in [6.07, 6.45) is 2.60. The number of hydrogen-bond acceptors (Lipinski definition) is 3. The lowest BCUT2D eigenvalue weighted by Gasteiger charge is -2.07. The fourth-order valence-corrected chi connectivity index (χ4v) is 1.93. The summed E-state index contributed by atoms with van der Waals surface area (Å²) in [4.78, 5) is 8.42. The molecule has 0 aliphatic carbocycles. The standard InChI is InChI=1S/C16H20N4O/c1-21-15-14(8-5-10-18-15)12-20-16(17)19-11-9-13-6-3-2-4-7-13/h2-8,10H,9,11-12H2,1H3,(H3,17,19,20). The minimum Gasteiger partial charge on any atom is -0.481 e. The van der Waals surface area contributed by atoms with Gasteiger partial charge in [0, 0.05) is 18.3 Å². The molecule has 0 spiro atoms. The van der Waals surface area contributed by atoms with Crippen LogP contribution in [0, 0.1) is 0 Å². The minimum absolute atomic E-state index is 0.428. The highest BCUT2D eigenvalue weighted by Gasteiger charge is 2.02. The minimum atomic E-state index is 0.428. The van der Waals surface area contributed by atoms with Gasteiger partial charge in [-0.2, -0.15) is 0 Å². The molecule has 5 nitrogen and oxygen atoms in total. The van der Waals surface area contributed by atoms with Gasteiger partial charge in [-0.3, -0.25) is 0 Å². The molecular formula is C16H20N4O. The monoisotopic (exact) mass is 284 g/mol. The fraction of sp³-hybridized carbons (Fsp3) is 0.250. The lowest BCUT2D eigenvalue weighted by molar-refractivity contribution is 0.392. The molecule has 110 valence electrons. The molecule has 0 atom stereocenters. The summed E-state index contributed by atoms with van der Waals surface area (Å²) in [5.41, 5.74) is 8.04. The van der Waals surface area contributed by atoms with Crippen LogP contribution in [0.5, 0.6) is 5.88 Å². The first-order chi connectivity index (χ1) is 10.3. The molecule has 0 saturated heterocycles. The Kier molecular flexibility index (Phi) is 5.58. The van der Waals surface area contributed by atoms with Crippen LogP contribution in [0.3, 0.4) is 0 Å². The van der Waals surface area contributed by atoms with E-state index in [0.717, 1.165) is 18.5 Å². The van der Waals surface area contributed by atoms with Crippen molar-refractivity contribution < 1.29 is 4.74 Å². The van der Waals surface area contributed by atoms with Crippen LogP contribution < -0.4 is 15.8 Å². The molecule has 2 rings (SSSR count). The first kappa shape index (κ1) is 14.8. The quantitative estimate of drug-likeness (QED) is 0.626. The third-order valence-corrected chi connectivity index (χ3v) is 3.03. The Bertz CT molecular complexity index is 584. The second-order valence-corrected chi connectivity index (χ2v) is 4.54. The van der Waals surface area contributed by atoms with Crippen LogP contribution in [0.25, 0.3) is 0 Å². The van der Waals surface area contributed by atoms with Gasteiger partial charge in [-0.1, -0.05) is 36.4 Å². The van der Waals surface area contributed by atoms with Crippen LogP contribution in [0.2, 0.25) is 0 Å². The van der Waals surface area contributed by atoms with Gasteiger partial charge in [0.05, 0.1) is 13.7 Å². The molecule has 1 aromatic heterocycles. The van der Waals surface area contributed by atoms with Crippen LogP contribution in [-0.2, 0) is 13.0 Å². The Morgan fingerprint density at radius 2 is 2.05 bits per heavy atom. The van der Waals surface area contributed by atoms with E-state index < -0.39 is 0 Å². The maximum Gasteiger partial charge on any atom is 0.218 e. The van der Waals surface area contributed by atoms with Crippen molar-refractivity contribution in [2.75, 3.05) is 13.7 Å². The molecule has 21 heavy (non-hydrogen) atoms. The first-order valence-electron chi connectivity index (χ1n) is 6.85. The fourth-order valence-electron chi connectivity index (χ4n) is 1.93. The van der Waals surface area contributed by atoms with Gasteiger partial charge < -0.3 is 15.8 Å². The number of guanidine groups is 1. The predicted octanol–water partition coefficient (Wildman–Crippen LogP) is 1.74. The number of hydrogen-bond donors (Lipinski definition) is 2. The lowest BCUT2D eigenvalue weighted by Crippen LogP contribution is -2.33. The highest BCUT2D eigenvalue weighted by molar-refractivity contribution is 5.77. The summed E-state index contributed by atoms with van der Waals surface area (Å²) in [5.74, 6) is 1.01. The summed E-state index contributed by atoms with van der Waals surface area (Å²) >= 11 is 0. The Morgan fingerprint density at radius 3 is 2.81 bits per heavy atom. The molecule has 2 aromatic rings. The largest absolute Gasteiger partial charge is 0.481 e. The van der Waals surface area contributed by atoms with E-state index in [2.05, 4.69) is 27.4 Å². The highest BCUT2D eigenvalue weighted by atomic mass is 16.5. The average molecular weight is 284 g/mol. The van der Waals surface area contributed by atoms with E-state index in [4.69, 9.17) is 10.5 Å². The normalized spacial score (nSPS) is 11.2. The average Bonchev–Trinajstić information content (AvgIpc) is 2.54. The summed E-state index contributed by atoms with van der Waals surface area (Å²) in [7, 11) is 1.59. The smallest absolute Gasteiger partial charge is 0.218 e. The number of pyridine rings is 1. The van der Waals surface area contributed by atoms with Crippen LogP contribution in [-0.4, -0.2) is 24.6 Å². The van der Waals surface area contributed by atoms with Gasteiger partial charge in [-0.25, -0.2) is 9.98 Å². The van der Waals surface area contributed by atoms with Crippen LogP contribution in [0.15, 0.2) is 53.7 Å². The molecule has 0 amide bonds. The van der Waals surface area contributed by atoms with Gasteiger partial charge in [0.25, 0.3) is 0 Å². The third-order valence-electron chi connectivity index (χ3n) is 3.03. The second-order valence-electron chi connectivity index (χ2n) is 4.54. The number of aromatic nitrogens is 1. The van der Waals surface area contributed by atoms with Gasteiger partial charge >= 0.3 is 0 Å². The van der Waals surface area contributed by atoms with Crippen LogP contribution in [0.4, 0.5) is 0 Å². The molecule has 0 unspecified atom stereocenters. The Hall–Kier alpha value is -2.56. The Labute approximate surface area is 124 Å². The number of benzene rings is 1. The van der Waals surface area contributed by atoms with E-state index in [-0.39, 0.29) is 0 Å². The number of ether oxygens (including phenoxy) is 1. The molecule has 0 aliphatic rings. The zero-order chi connectivity index (χ0) is 14.9. The predicted molar refractivity (Wildman–Crippen MR) is 84.3 cm³/mol. The molecule has 0 bridgehead atoms. The zero-order valence-electron chi connectivity index (χ0n) is 12.1.